The minimum Gasteiger partial charge on any atom is -0.333 e. The van der Waals surface area contributed by atoms with Crippen molar-refractivity contribution in [3.8, 4) is 22.0 Å². The number of thiazole rings is 1. The fraction of sp³-hybridized carbons (Fsp3) is 0.167. The Bertz CT molecular complexity index is 1290. The SMILES string of the molecule is Cn1ccnc1-c1sc(NC(=O)c2cccc(NC(=O)C3CC3)c2)nc1-c1ccccc1. The van der Waals surface area contributed by atoms with E-state index in [1.807, 2.05) is 48.1 Å². The lowest BCUT2D eigenvalue weighted by Gasteiger charge is -2.07. The fourth-order valence-corrected chi connectivity index (χ4v) is 4.42. The van der Waals surface area contributed by atoms with Crippen LogP contribution in [0.5, 0.6) is 0 Å². The van der Waals surface area contributed by atoms with Crippen molar-refractivity contribution < 1.29 is 9.59 Å². The summed E-state index contributed by atoms with van der Waals surface area (Å²) in [5.74, 6) is 0.609. The van der Waals surface area contributed by atoms with Crippen molar-refractivity contribution in [1.29, 1.82) is 0 Å². The quantitative estimate of drug-likeness (QED) is 0.448. The van der Waals surface area contributed by atoms with Gasteiger partial charge in [-0.3, -0.25) is 14.9 Å². The predicted molar refractivity (Wildman–Crippen MR) is 126 cm³/mol. The summed E-state index contributed by atoms with van der Waals surface area (Å²) < 4.78 is 1.93. The number of aromatic nitrogens is 3. The number of rotatable bonds is 6. The molecule has 0 saturated heterocycles. The third kappa shape index (κ3) is 4.17. The number of amides is 2. The van der Waals surface area contributed by atoms with Gasteiger partial charge in [0.15, 0.2) is 11.0 Å². The maximum Gasteiger partial charge on any atom is 0.257 e. The van der Waals surface area contributed by atoms with Gasteiger partial charge in [-0.15, -0.1) is 0 Å². The summed E-state index contributed by atoms with van der Waals surface area (Å²) in [7, 11) is 1.93. The van der Waals surface area contributed by atoms with E-state index in [1.165, 1.54) is 11.3 Å². The maximum absolute atomic E-state index is 12.9. The van der Waals surface area contributed by atoms with Crippen LogP contribution in [-0.4, -0.2) is 26.3 Å². The Labute approximate surface area is 189 Å². The van der Waals surface area contributed by atoms with Crippen molar-refractivity contribution in [2.75, 3.05) is 10.6 Å². The molecule has 32 heavy (non-hydrogen) atoms. The predicted octanol–water partition coefficient (Wildman–Crippen LogP) is 4.81. The number of hydrogen-bond donors (Lipinski definition) is 2. The minimum atomic E-state index is -0.285. The molecule has 0 aliphatic heterocycles. The number of nitrogens with zero attached hydrogens (tertiary/aromatic N) is 3. The van der Waals surface area contributed by atoms with Gasteiger partial charge in [0.05, 0.1) is 10.6 Å². The highest BCUT2D eigenvalue weighted by Gasteiger charge is 2.29. The van der Waals surface area contributed by atoms with E-state index < -0.39 is 0 Å². The van der Waals surface area contributed by atoms with Crippen LogP contribution in [0.25, 0.3) is 22.0 Å². The van der Waals surface area contributed by atoms with Crippen LogP contribution in [0.4, 0.5) is 10.8 Å². The molecule has 0 bridgehead atoms. The number of carbonyl (C=O) groups is 2. The molecule has 2 N–H and O–H groups in total. The van der Waals surface area contributed by atoms with E-state index in [1.54, 1.807) is 30.5 Å². The van der Waals surface area contributed by atoms with Gasteiger partial charge in [0, 0.05) is 42.2 Å². The lowest BCUT2D eigenvalue weighted by molar-refractivity contribution is -0.117. The van der Waals surface area contributed by atoms with Gasteiger partial charge >= 0.3 is 0 Å². The molecule has 2 amide bonds. The van der Waals surface area contributed by atoms with E-state index >= 15 is 0 Å². The fourth-order valence-electron chi connectivity index (χ4n) is 3.40. The highest BCUT2D eigenvalue weighted by Crippen LogP contribution is 2.38. The van der Waals surface area contributed by atoms with Crippen molar-refractivity contribution >= 4 is 34.0 Å². The van der Waals surface area contributed by atoms with Crippen LogP contribution in [0.15, 0.2) is 67.0 Å². The molecule has 0 unspecified atom stereocenters. The molecule has 5 rings (SSSR count). The molecule has 160 valence electrons. The largest absolute Gasteiger partial charge is 0.333 e. The van der Waals surface area contributed by atoms with E-state index in [0.29, 0.717) is 16.4 Å². The molecular formula is C24H21N5O2S. The van der Waals surface area contributed by atoms with E-state index in [4.69, 9.17) is 4.98 Å². The molecule has 1 aliphatic rings. The van der Waals surface area contributed by atoms with Crippen molar-refractivity contribution in [1.82, 2.24) is 14.5 Å². The molecule has 2 aromatic heterocycles. The Hall–Kier alpha value is -3.78. The monoisotopic (exact) mass is 443 g/mol. The van der Waals surface area contributed by atoms with Crippen LogP contribution in [0.1, 0.15) is 23.2 Å². The normalized spacial score (nSPS) is 13.0. The molecule has 0 radical (unpaired) electrons. The van der Waals surface area contributed by atoms with Gasteiger partial charge in [-0.1, -0.05) is 47.7 Å². The van der Waals surface area contributed by atoms with Crippen molar-refractivity contribution in [2.24, 2.45) is 13.0 Å². The van der Waals surface area contributed by atoms with Gasteiger partial charge in [-0.25, -0.2) is 9.97 Å². The van der Waals surface area contributed by atoms with E-state index in [0.717, 1.165) is 34.8 Å². The lowest BCUT2D eigenvalue weighted by atomic mass is 10.1. The minimum absolute atomic E-state index is 0.00898. The molecule has 2 heterocycles. The van der Waals surface area contributed by atoms with Crippen LogP contribution in [0, 0.1) is 5.92 Å². The van der Waals surface area contributed by atoms with Gasteiger partial charge in [0.1, 0.15) is 0 Å². The van der Waals surface area contributed by atoms with Crippen molar-refractivity contribution in [2.45, 2.75) is 12.8 Å². The summed E-state index contributed by atoms with van der Waals surface area (Å²) in [6, 6.07) is 16.8. The average Bonchev–Trinajstić information content (AvgIpc) is 3.46. The topological polar surface area (TPSA) is 88.9 Å². The molecule has 4 aromatic rings. The van der Waals surface area contributed by atoms with Crippen LogP contribution >= 0.6 is 11.3 Å². The summed E-state index contributed by atoms with van der Waals surface area (Å²) >= 11 is 1.38. The van der Waals surface area contributed by atoms with Crippen molar-refractivity contribution in [3.05, 3.63) is 72.6 Å². The molecule has 2 aromatic carbocycles. The third-order valence-electron chi connectivity index (χ3n) is 5.26. The molecule has 0 atom stereocenters. The molecule has 1 fully saturated rings. The van der Waals surface area contributed by atoms with Crippen molar-refractivity contribution in [3.63, 3.8) is 0 Å². The number of hydrogen-bond acceptors (Lipinski definition) is 5. The van der Waals surface area contributed by atoms with E-state index in [-0.39, 0.29) is 17.7 Å². The first kappa shape index (κ1) is 20.1. The second-order valence-electron chi connectivity index (χ2n) is 7.72. The smallest absolute Gasteiger partial charge is 0.257 e. The second kappa shape index (κ2) is 8.39. The number of nitrogens with one attached hydrogen (secondary N) is 2. The average molecular weight is 444 g/mol. The Kier molecular flexibility index (Phi) is 5.28. The Balaban J connectivity index is 1.42. The van der Waals surface area contributed by atoms with Gasteiger partial charge in [0.25, 0.3) is 5.91 Å². The lowest BCUT2D eigenvalue weighted by Crippen LogP contribution is -2.15. The van der Waals surface area contributed by atoms with E-state index in [2.05, 4.69) is 15.6 Å². The molecule has 1 aliphatic carbocycles. The molecule has 8 heteroatoms. The first-order chi connectivity index (χ1) is 15.6. The van der Waals surface area contributed by atoms with Gasteiger partial charge < -0.3 is 9.88 Å². The molecular weight excluding hydrogens is 422 g/mol. The highest BCUT2D eigenvalue weighted by molar-refractivity contribution is 7.19. The van der Waals surface area contributed by atoms with Crippen LogP contribution in [0.3, 0.4) is 0 Å². The van der Waals surface area contributed by atoms with Gasteiger partial charge in [-0.05, 0) is 31.0 Å². The molecule has 0 spiro atoms. The number of aryl methyl sites for hydroxylation is 1. The highest BCUT2D eigenvalue weighted by atomic mass is 32.1. The Morgan fingerprint density at radius 1 is 1.06 bits per heavy atom. The Morgan fingerprint density at radius 3 is 2.59 bits per heavy atom. The van der Waals surface area contributed by atoms with Crippen LogP contribution in [-0.2, 0) is 11.8 Å². The third-order valence-corrected chi connectivity index (χ3v) is 6.23. The zero-order chi connectivity index (χ0) is 22.1. The number of imidazole rings is 1. The zero-order valence-corrected chi connectivity index (χ0v) is 18.2. The summed E-state index contributed by atoms with van der Waals surface area (Å²) in [4.78, 5) is 35.0. The second-order valence-corrected chi connectivity index (χ2v) is 8.72. The maximum atomic E-state index is 12.9. The number of carbonyl (C=O) groups excluding carboxylic acids is 2. The van der Waals surface area contributed by atoms with Crippen LogP contribution < -0.4 is 10.6 Å². The van der Waals surface area contributed by atoms with Gasteiger partial charge in [-0.2, -0.15) is 0 Å². The van der Waals surface area contributed by atoms with Crippen LogP contribution in [0.2, 0.25) is 0 Å². The Morgan fingerprint density at radius 2 is 1.88 bits per heavy atom. The standard InChI is InChI=1S/C24H21N5O2S/c1-29-13-12-25-21(29)20-19(15-6-3-2-4-7-15)27-24(32-20)28-23(31)17-8-5-9-18(14-17)26-22(30)16-10-11-16/h2-9,12-14,16H,10-11H2,1H3,(H,26,30)(H,27,28,31). The number of benzene rings is 2. The molecule has 1 saturated carbocycles. The zero-order valence-electron chi connectivity index (χ0n) is 17.4. The molecule has 7 nitrogen and oxygen atoms in total. The summed E-state index contributed by atoms with van der Waals surface area (Å²) in [6.07, 6.45) is 5.48. The summed E-state index contributed by atoms with van der Waals surface area (Å²) in [5.41, 5.74) is 2.79. The van der Waals surface area contributed by atoms with E-state index in [9.17, 15) is 9.59 Å². The number of anilines is 2. The first-order valence-corrected chi connectivity index (χ1v) is 11.2. The summed E-state index contributed by atoms with van der Waals surface area (Å²) in [5, 5.41) is 6.27. The first-order valence-electron chi connectivity index (χ1n) is 10.3. The van der Waals surface area contributed by atoms with Gasteiger partial charge in [0.2, 0.25) is 5.91 Å². The summed E-state index contributed by atoms with van der Waals surface area (Å²) in [6.45, 7) is 0.